The van der Waals surface area contributed by atoms with Gasteiger partial charge in [-0.3, -0.25) is 0 Å². The summed E-state index contributed by atoms with van der Waals surface area (Å²) in [6.07, 6.45) is 3.65. The van der Waals surface area contributed by atoms with E-state index in [4.69, 9.17) is 22.1 Å². The van der Waals surface area contributed by atoms with Crippen LogP contribution in [0.15, 0.2) is 23.0 Å². The molecule has 68 valence electrons. The van der Waals surface area contributed by atoms with Crippen LogP contribution >= 0.6 is 11.6 Å². The van der Waals surface area contributed by atoms with Crippen molar-refractivity contribution in [3.63, 3.8) is 0 Å². The predicted molar refractivity (Wildman–Crippen MR) is 49.7 cm³/mol. The van der Waals surface area contributed by atoms with E-state index >= 15 is 0 Å². The molecule has 1 heterocycles. The van der Waals surface area contributed by atoms with E-state index in [2.05, 4.69) is 0 Å². The minimum Gasteiger partial charge on any atom is -0.398 e. The van der Waals surface area contributed by atoms with Crippen molar-refractivity contribution in [1.82, 2.24) is 4.90 Å². The standard InChI is InChI=1S/C8H13ClN2O/c1-12-3-2-11-5-7(9)4-8(10)6-11/h4,6H,2-3,5,10H2,1H3. The third-order valence-electron chi connectivity index (χ3n) is 1.59. The van der Waals surface area contributed by atoms with Crippen molar-refractivity contribution < 1.29 is 4.74 Å². The summed E-state index contributed by atoms with van der Waals surface area (Å²) in [5.41, 5.74) is 6.30. The monoisotopic (exact) mass is 188 g/mol. The first-order valence-corrected chi connectivity index (χ1v) is 4.16. The minimum atomic E-state index is 0.688. The Labute approximate surface area is 77.4 Å². The van der Waals surface area contributed by atoms with Crippen LogP contribution in [0.4, 0.5) is 0 Å². The summed E-state index contributed by atoms with van der Waals surface area (Å²) < 4.78 is 4.94. The Balaban J connectivity index is 2.44. The zero-order valence-electron chi connectivity index (χ0n) is 7.09. The smallest absolute Gasteiger partial charge is 0.0637 e. The molecule has 0 aromatic carbocycles. The van der Waals surface area contributed by atoms with Gasteiger partial charge in [0, 0.05) is 30.6 Å². The van der Waals surface area contributed by atoms with Crippen LogP contribution in [0.5, 0.6) is 0 Å². The SMILES string of the molecule is COCCN1C=C(N)C=C(Cl)C1. The van der Waals surface area contributed by atoms with Gasteiger partial charge >= 0.3 is 0 Å². The van der Waals surface area contributed by atoms with Crippen molar-refractivity contribution >= 4 is 11.6 Å². The van der Waals surface area contributed by atoms with Crippen molar-refractivity contribution in [3.05, 3.63) is 23.0 Å². The number of ether oxygens (including phenoxy) is 1. The lowest BCUT2D eigenvalue weighted by Gasteiger charge is -2.23. The highest BCUT2D eigenvalue weighted by molar-refractivity contribution is 6.30. The summed E-state index contributed by atoms with van der Waals surface area (Å²) >= 11 is 5.84. The number of nitrogens with two attached hydrogens (primary N) is 1. The second-order valence-corrected chi connectivity index (χ2v) is 3.17. The fourth-order valence-corrected chi connectivity index (χ4v) is 1.35. The van der Waals surface area contributed by atoms with E-state index in [1.54, 1.807) is 13.2 Å². The van der Waals surface area contributed by atoms with Gasteiger partial charge in [0.2, 0.25) is 0 Å². The van der Waals surface area contributed by atoms with E-state index in [1.165, 1.54) is 0 Å². The van der Waals surface area contributed by atoms with Gasteiger partial charge in [-0.25, -0.2) is 0 Å². The first-order chi connectivity index (χ1) is 5.72. The highest BCUT2D eigenvalue weighted by Crippen LogP contribution is 2.12. The van der Waals surface area contributed by atoms with Crippen molar-refractivity contribution in [2.75, 3.05) is 26.8 Å². The normalized spacial score (nSPS) is 17.3. The molecule has 0 amide bonds. The fraction of sp³-hybridized carbons (Fsp3) is 0.500. The van der Waals surface area contributed by atoms with Gasteiger partial charge in [-0.15, -0.1) is 0 Å². The van der Waals surface area contributed by atoms with Crippen LogP contribution in [0, 0.1) is 0 Å². The van der Waals surface area contributed by atoms with E-state index < -0.39 is 0 Å². The molecule has 0 spiro atoms. The van der Waals surface area contributed by atoms with E-state index in [-0.39, 0.29) is 0 Å². The summed E-state index contributed by atoms with van der Waals surface area (Å²) in [6, 6.07) is 0. The maximum atomic E-state index is 5.84. The van der Waals surface area contributed by atoms with Gasteiger partial charge < -0.3 is 15.4 Å². The molecule has 0 radical (unpaired) electrons. The molecule has 1 aliphatic heterocycles. The average molecular weight is 189 g/mol. The molecular weight excluding hydrogens is 176 g/mol. The van der Waals surface area contributed by atoms with E-state index in [9.17, 15) is 0 Å². The lowest BCUT2D eigenvalue weighted by molar-refractivity contribution is 0.172. The average Bonchev–Trinajstić information content (AvgIpc) is 1.99. The topological polar surface area (TPSA) is 38.5 Å². The second kappa shape index (κ2) is 4.38. The van der Waals surface area contributed by atoms with Gasteiger partial charge in [-0.05, 0) is 6.08 Å². The molecule has 0 aromatic rings. The molecule has 1 aliphatic rings. The fourth-order valence-electron chi connectivity index (χ4n) is 1.07. The Hall–Kier alpha value is -0.670. The molecule has 0 bridgehead atoms. The molecule has 0 saturated heterocycles. The third-order valence-corrected chi connectivity index (χ3v) is 1.82. The molecule has 0 atom stereocenters. The number of hydrogen-bond donors (Lipinski definition) is 1. The van der Waals surface area contributed by atoms with E-state index in [0.717, 1.165) is 18.1 Å². The third kappa shape index (κ3) is 2.75. The molecule has 0 fully saturated rings. The lowest BCUT2D eigenvalue weighted by Crippen LogP contribution is -2.27. The summed E-state index contributed by atoms with van der Waals surface area (Å²) in [7, 11) is 1.68. The van der Waals surface area contributed by atoms with Gasteiger partial charge in [0.25, 0.3) is 0 Å². The van der Waals surface area contributed by atoms with Gasteiger partial charge in [-0.1, -0.05) is 11.6 Å². The van der Waals surface area contributed by atoms with Crippen molar-refractivity contribution in [3.8, 4) is 0 Å². The summed E-state index contributed by atoms with van der Waals surface area (Å²) in [6.45, 7) is 2.24. The highest BCUT2D eigenvalue weighted by Gasteiger charge is 2.07. The Kier molecular flexibility index (Phi) is 3.44. The van der Waals surface area contributed by atoms with Crippen LogP contribution in [0.3, 0.4) is 0 Å². The largest absolute Gasteiger partial charge is 0.398 e. The minimum absolute atomic E-state index is 0.688. The van der Waals surface area contributed by atoms with Crippen molar-refractivity contribution in [1.29, 1.82) is 0 Å². The maximum absolute atomic E-state index is 5.84. The lowest BCUT2D eigenvalue weighted by atomic mass is 10.3. The molecule has 3 nitrogen and oxygen atoms in total. The van der Waals surface area contributed by atoms with Crippen LogP contribution < -0.4 is 5.73 Å². The first kappa shape index (κ1) is 9.42. The highest BCUT2D eigenvalue weighted by atomic mass is 35.5. The van der Waals surface area contributed by atoms with Gasteiger partial charge in [0.1, 0.15) is 0 Å². The number of halogens is 1. The summed E-state index contributed by atoms with van der Waals surface area (Å²) in [5.74, 6) is 0. The number of nitrogens with zero attached hydrogens (tertiary/aromatic N) is 1. The van der Waals surface area contributed by atoms with Crippen molar-refractivity contribution in [2.45, 2.75) is 0 Å². The molecule has 0 aliphatic carbocycles. The molecule has 1 rings (SSSR count). The van der Waals surface area contributed by atoms with Crippen LogP contribution in [-0.2, 0) is 4.74 Å². The Morgan fingerprint density at radius 2 is 2.50 bits per heavy atom. The first-order valence-electron chi connectivity index (χ1n) is 3.78. The van der Waals surface area contributed by atoms with Crippen LogP contribution in [0.1, 0.15) is 0 Å². The van der Waals surface area contributed by atoms with Crippen LogP contribution in [0.25, 0.3) is 0 Å². The number of rotatable bonds is 3. The summed E-state index contributed by atoms with van der Waals surface area (Å²) in [5, 5.41) is 0.770. The second-order valence-electron chi connectivity index (χ2n) is 2.68. The molecular formula is C8H13ClN2O. The molecule has 12 heavy (non-hydrogen) atoms. The quantitative estimate of drug-likeness (QED) is 0.715. The van der Waals surface area contributed by atoms with Gasteiger partial charge in [0.15, 0.2) is 0 Å². The van der Waals surface area contributed by atoms with Gasteiger partial charge in [-0.2, -0.15) is 0 Å². The molecule has 0 saturated carbocycles. The molecule has 0 aromatic heterocycles. The molecule has 0 unspecified atom stereocenters. The predicted octanol–water partition coefficient (Wildman–Crippen LogP) is 0.871. The van der Waals surface area contributed by atoms with Gasteiger partial charge in [0.05, 0.1) is 13.2 Å². The maximum Gasteiger partial charge on any atom is 0.0637 e. The number of methoxy groups -OCH3 is 1. The molecule has 4 heteroatoms. The number of hydrogen-bond acceptors (Lipinski definition) is 3. The van der Waals surface area contributed by atoms with E-state index in [0.29, 0.717) is 12.3 Å². The zero-order valence-corrected chi connectivity index (χ0v) is 7.84. The Morgan fingerprint density at radius 1 is 1.75 bits per heavy atom. The van der Waals surface area contributed by atoms with E-state index in [1.807, 2.05) is 11.1 Å². The van der Waals surface area contributed by atoms with Crippen molar-refractivity contribution in [2.24, 2.45) is 5.73 Å². The molecule has 2 N–H and O–H groups in total. The Morgan fingerprint density at radius 3 is 3.08 bits per heavy atom. The number of allylic oxidation sites excluding steroid dienone is 1. The van der Waals surface area contributed by atoms with Crippen LogP contribution in [-0.4, -0.2) is 31.7 Å². The van der Waals surface area contributed by atoms with Crippen LogP contribution in [0.2, 0.25) is 0 Å². The Bertz CT molecular complexity index is 213. The zero-order chi connectivity index (χ0) is 8.97. The summed E-state index contributed by atoms with van der Waals surface area (Å²) in [4.78, 5) is 2.03.